The van der Waals surface area contributed by atoms with Gasteiger partial charge in [0.2, 0.25) is 10.0 Å². The number of benzene rings is 1. The van der Waals surface area contributed by atoms with Gasteiger partial charge in [-0.1, -0.05) is 11.6 Å². The zero-order chi connectivity index (χ0) is 21.9. The summed E-state index contributed by atoms with van der Waals surface area (Å²) < 4.78 is 37.4. The second kappa shape index (κ2) is 9.64. The molecule has 10 heteroatoms. The highest BCUT2D eigenvalue weighted by atomic mass is 35.5. The minimum absolute atomic E-state index is 0.0506. The van der Waals surface area contributed by atoms with Crippen LogP contribution in [-0.4, -0.2) is 74.5 Å². The lowest BCUT2D eigenvalue weighted by atomic mass is 9.97. The fraction of sp³-hybridized carbons (Fsp3) is 0.600. The molecule has 0 bridgehead atoms. The van der Waals surface area contributed by atoms with Crippen molar-refractivity contribution in [3.63, 3.8) is 0 Å². The molecule has 2 aliphatic heterocycles. The van der Waals surface area contributed by atoms with Crippen LogP contribution < -0.4 is 0 Å². The van der Waals surface area contributed by atoms with Crippen molar-refractivity contribution >= 4 is 33.5 Å². The summed E-state index contributed by atoms with van der Waals surface area (Å²) in [7, 11) is -3.79. The van der Waals surface area contributed by atoms with E-state index in [4.69, 9.17) is 21.1 Å². The highest BCUT2D eigenvalue weighted by Gasteiger charge is 2.31. The number of morpholine rings is 1. The van der Waals surface area contributed by atoms with Crippen LogP contribution in [0.1, 0.15) is 43.5 Å². The molecule has 0 radical (unpaired) electrons. The molecule has 8 nitrogen and oxygen atoms in total. The number of carbonyl (C=O) groups is 2. The van der Waals surface area contributed by atoms with Crippen LogP contribution in [0.15, 0.2) is 23.1 Å². The first-order chi connectivity index (χ1) is 14.2. The minimum atomic E-state index is -3.79. The van der Waals surface area contributed by atoms with Crippen molar-refractivity contribution in [2.45, 2.75) is 50.1 Å². The monoisotopic (exact) mass is 458 g/mol. The molecule has 2 atom stereocenters. The lowest BCUT2D eigenvalue weighted by Crippen LogP contribution is -2.49. The standard InChI is InChI=1S/C20H27ClN2O6S/c1-14-4-3-5-15(2)23(14)19(24)13-29-20(25)17-12-16(6-7-18(17)21)30(26,27)22-8-10-28-11-9-22/h6-7,12,14-15H,3-5,8-11,13H2,1-2H3/t14-,15+. The summed E-state index contributed by atoms with van der Waals surface area (Å²) in [5.41, 5.74) is -0.0847. The molecule has 3 rings (SSSR count). The number of hydrogen-bond acceptors (Lipinski definition) is 6. The van der Waals surface area contributed by atoms with E-state index < -0.39 is 22.6 Å². The fourth-order valence-corrected chi connectivity index (χ4v) is 5.58. The van der Waals surface area contributed by atoms with Crippen LogP contribution in [0.4, 0.5) is 0 Å². The van der Waals surface area contributed by atoms with E-state index in [-0.39, 0.29) is 46.6 Å². The zero-order valence-electron chi connectivity index (χ0n) is 17.2. The molecule has 2 heterocycles. The largest absolute Gasteiger partial charge is 0.452 e. The van der Waals surface area contributed by atoms with Crippen molar-refractivity contribution < 1.29 is 27.5 Å². The Morgan fingerprint density at radius 1 is 1.17 bits per heavy atom. The normalized spacial score (nSPS) is 23.2. The highest BCUT2D eigenvalue weighted by Crippen LogP contribution is 2.25. The molecule has 0 aliphatic carbocycles. The zero-order valence-corrected chi connectivity index (χ0v) is 18.7. The van der Waals surface area contributed by atoms with E-state index in [9.17, 15) is 18.0 Å². The Morgan fingerprint density at radius 3 is 2.43 bits per heavy atom. The first kappa shape index (κ1) is 23.0. The average Bonchev–Trinajstić information content (AvgIpc) is 2.72. The van der Waals surface area contributed by atoms with Crippen molar-refractivity contribution in [2.24, 2.45) is 0 Å². The predicted octanol–water partition coefficient (Wildman–Crippen LogP) is 2.31. The number of ether oxygens (including phenoxy) is 2. The molecule has 2 fully saturated rings. The molecule has 1 aromatic carbocycles. The van der Waals surface area contributed by atoms with Crippen molar-refractivity contribution in [1.82, 2.24) is 9.21 Å². The Hall–Kier alpha value is -1.68. The molecule has 0 unspecified atom stereocenters. The van der Waals surface area contributed by atoms with Crippen LogP contribution in [0.5, 0.6) is 0 Å². The van der Waals surface area contributed by atoms with Crippen LogP contribution in [-0.2, 0) is 24.3 Å². The van der Waals surface area contributed by atoms with Gasteiger partial charge in [0.1, 0.15) is 0 Å². The quantitative estimate of drug-likeness (QED) is 0.628. The first-order valence-corrected chi connectivity index (χ1v) is 11.9. The molecule has 0 N–H and O–H groups in total. The van der Waals surface area contributed by atoms with Gasteiger partial charge in [0.05, 0.1) is 28.7 Å². The van der Waals surface area contributed by atoms with E-state index in [0.717, 1.165) is 19.3 Å². The number of likely N-dealkylation sites (tertiary alicyclic amines) is 1. The van der Waals surface area contributed by atoms with Gasteiger partial charge >= 0.3 is 5.97 Å². The summed E-state index contributed by atoms with van der Waals surface area (Å²) in [5.74, 6) is -1.10. The van der Waals surface area contributed by atoms with Gasteiger partial charge in [0.15, 0.2) is 6.61 Å². The maximum atomic E-state index is 12.8. The third-order valence-corrected chi connectivity index (χ3v) is 7.80. The van der Waals surface area contributed by atoms with Crippen LogP contribution >= 0.6 is 11.6 Å². The van der Waals surface area contributed by atoms with E-state index in [2.05, 4.69) is 0 Å². The van der Waals surface area contributed by atoms with Crippen molar-refractivity contribution in [2.75, 3.05) is 32.9 Å². The maximum Gasteiger partial charge on any atom is 0.340 e. The van der Waals surface area contributed by atoms with E-state index >= 15 is 0 Å². The number of sulfonamides is 1. The number of nitrogens with zero attached hydrogens (tertiary/aromatic N) is 2. The maximum absolute atomic E-state index is 12.8. The number of esters is 1. The Kier molecular flexibility index (Phi) is 7.38. The van der Waals surface area contributed by atoms with Gasteiger partial charge in [-0.05, 0) is 51.3 Å². The number of piperidine rings is 1. The summed E-state index contributed by atoms with van der Waals surface area (Å²) in [6.07, 6.45) is 2.89. The van der Waals surface area contributed by atoms with E-state index in [1.165, 1.54) is 22.5 Å². The predicted molar refractivity (Wildman–Crippen MR) is 111 cm³/mol. The van der Waals surface area contributed by atoms with Gasteiger partial charge in [-0.2, -0.15) is 4.31 Å². The summed E-state index contributed by atoms with van der Waals surface area (Å²) in [6, 6.07) is 4.08. The summed E-state index contributed by atoms with van der Waals surface area (Å²) in [6.45, 7) is 4.66. The van der Waals surface area contributed by atoms with Crippen molar-refractivity contribution in [3.05, 3.63) is 28.8 Å². The lowest BCUT2D eigenvalue weighted by molar-refractivity contribution is -0.140. The third kappa shape index (κ3) is 4.96. The number of carbonyl (C=O) groups excluding carboxylic acids is 2. The number of amides is 1. The van der Waals surface area contributed by atoms with Crippen molar-refractivity contribution in [3.8, 4) is 0 Å². The van der Waals surface area contributed by atoms with Gasteiger partial charge in [0, 0.05) is 25.2 Å². The molecule has 1 amide bonds. The second-order valence-electron chi connectivity index (χ2n) is 7.66. The van der Waals surface area contributed by atoms with E-state index in [1.54, 1.807) is 4.90 Å². The molecule has 2 aliphatic rings. The molecule has 0 aromatic heterocycles. The molecular formula is C20H27ClN2O6S. The molecule has 0 spiro atoms. The highest BCUT2D eigenvalue weighted by molar-refractivity contribution is 7.89. The Balaban J connectivity index is 1.71. The minimum Gasteiger partial charge on any atom is -0.452 e. The van der Waals surface area contributed by atoms with Crippen LogP contribution in [0.2, 0.25) is 5.02 Å². The molecule has 1 aromatic rings. The topological polar surface area (TPSA) is 93.2 Å². The smallest absolute Gasteiger partial charge is 0.340 e. The summed E-state index contributed by atoms with van der Waals surface area (Å²) in [4.78, 5) is 26.8. The number of hydrogen-bond donors (Lipinski definition) is 0. The fourth-order valence-electron chi connectivity index (χ4n) is 3.95. The molecule has 166 valence electrons. The van der Waals surface area contributed by atoms with Crippen LogP contribution in [0, 0.1) is 0 Å². The van der Waals surface area contributed by atoms with Gasteiger partial charge in [0.25, 0.3) is 5.91 Å². The second-order valence-corrected chi connectivity index (χ2v) is 10.0. The van der Waals surface area contributed by atoms with E-state index in [0.29, 0.717) is 13.2 Å². The third-order valence-electron chi connectivity index (χ3n) is 5.57. The number of halogens is 1. The van der Waals surface area contributed by atoms with Gasteiger partial charge < -0.3 is 14.4 Å². The van der Waals surface area contributed by atoms with Gasteiger partial charge in [-0.25, -0.2) is 13.2 Å². The molecular weight excluding hydrogens is 432 g/mol. The average molecular weight is 459 g/mol. The molecule has 2 saturated heterocycles. The number of rotatable bonds is 5. The summed E-state index contributed by atoms with van der Waals surface area (Å²) >= 11 is 6.11. The van der Waals surface area contributed by atoms with Crippen LogP contribution in [0.25, 0.3) is 0 Å². The Labute approximate surface area is 182 Å². The SMILES string of the molecule is C[C@@H]1CCC[C@H](C)N1C(=O)COC(=O)c1cc(S(=O)(=O)N2CCOCC2)ccc1Cl. The van der Waals surface area contributed by atoms with Crippen molar-refractivity contribution in [1.29, 1.82) is 0 Å². The lowest BCUT2D eigenvalue weighted by Gasteiger charge is -2.38. The Morgan fingerprint density at radius 2 is 1.80 bits per heavy atom. The molecule has 30 heavy (non-hydrogen) atoms. The Bertz CT molecular complexity index is 891. The summed E-state index contributed by atoms with van der Waals surface area (Å²) in [5, 5.41) is 0.0630. The first-order valence-electron chi connectivity index (χ1n) is 10.1. The van der Waals surface area contributed by atoms with E-state index in [1.807, 2.05) is 13.8 Å². The molecule has 0 saturated carbocycles. The van der Waals surface area contributed by atoms with Gasteiger partial charge in [-0.15, -0.1) is 0 Å². The van der Waals surface area contributed by atoms with Crippen LogP contribution in [0.3, 0.4) is 0 Å². The van der Waals surface area contributed by atoms with Gasteiger partial charge in [-0.3, -0.25) is 4.79 Å².